The van der Waals surface area contributed by atoms with Gasteiger partial charge in [0, 0.05) is 19.2 Å². The first-order valence-corrected chi connectivity index (χ1v) is 8.13. The number of hydrogen-bond donors (Lipinski definition) is 2. The minimum atomic E-state index is -0.253. The molecular weight excluding hydrogens is 316 g/mol. The number of hydrogen-bond acceptors (Lipinski definition) is 3. The van der Waals surface area contributed by atoms with E-state index in [0.29, 0.717) is 18.5 Å². The first-order valence-electron chi connectivity index (χ1n) is 8.13. The number of nitrogens with zero attached hydrogens (tertiary/aromatic N) is 2. The quantitative estimate of drug-likeness (QED) is 0.719. The zero-order valence-corrected chi connectivity index (χ0v) is 14.0. The van der Waals surface area contributed by atoms with Gasteiger partial charge in [-0.3, -0.25) is 9.59 Å². The number of amides is 2. The van der Waals surface area contributed by atoms with Gasteiger partial charge in [-0.15, -0.1) is 0 Å². The summed E-state index contributed by atoms with van der Waals surface area (Å²) in [7, 11) is 1.96. The van der Waals surface area contributed by atoms with Crippen LogP contribution >= 0.6 is 0 Å². The topological polar surface area (TPSA) is 76.0 Å². The Bertz CT molecular complexity index is 887. The summed E-state index contributed by atoms with van der Waals surface area (Å²) in [6.45, 7) is 0.478. The highest BCUT2D eigenvalue weighted by Gasteiger charge is 2.07. The predicted octanol–water partition coefficient (Wildman–Crippen LogP) is 1.66. The fourth-order valence-corrected chi connectivity index (χ4v) is 2.60. The van der Waals surface area contributed by atoms with Crippen molar-refractivity contribution in [3.63, 3.8) is 0 Å². The summed E-state index contributed by atoms with van der Waals surface area (Å²) >= 11 is 0. The van der Waals surface area contributed by atoms with Gasteiger partial charge in [-0.2, -0.15) is 0 Å². The van der Waals surface area contributed by atoms with E-state index < -0.39 is 0 Å². The Hall–Kier alpha value is -3.15. The lowest BCUT2D eigenvalue weighted by Crippen LogP contribution is -2.37. The van der Waals surface area contributed by atoms with Gasteiger partial charge in [0.2, 0.25) is 5.91 Å². The average Bonchev–Trinajstić information content (AvgIpc) is 3.01. The van der Waals surface area contributed by atoms with Crippen LogP contribution in [0.25, 0.3) is 11.0 Å². The molecule has 6 nitrogen and oxygen atoms in total. The maximum atomic E-state index is 11.9. The van der Waals surface area contributed by atoms with E-state index in [2.05, 4.69) is 15.6 Å². The molecule has 0 spiro atoms. The van der Waals surface area contributed by atoms with Crippen molar-refractivity contribution < 1.29 is 9.59 Å². The second-order valence-electron chi connectivity index (χ2n) is 5.83. The smallest absolute Gasteiger partial charge is 0.251 e. The molecule has 0 unspecified atom stereocenters. The predicted molar refractivity (Wildman–Crippen MR) is 96.2 cm³/mol. The highest BCUT2D eigenvalue weighted by molar-refractivity contribution is 5.96. The molecule has 3 rings (SSSR count). The van der Waals surface area contributed by atoms with Gasteiger partial charge in [0.05, 0.1) is 23.9 Å². The third kappa shape index (κ3) is 4.23. The van der Waals surface area contributed by atoms with Crippen LogP contribution in [0.1, 0.15) is 15.9 Å². The molecule has 0 aliphatic heterocycles. The molecule has 1 heterocycles. The first-order chi connectivity index (χ1) is 12.1. The number of carbonyl (C=O) groups is 2. The molecule has 0 saturated heterocycles. The van der Waals surface area contributed by atoms with E-state index in [1.54, 1.807) is 30.6 Å². The zero-order valence-electron chi connectivity index (χ0n) is 14.0. The van der Waals surface area contributed by atoms with E-state index >= 15 is 0 Å². The van der Waals surface area contributed by atoms with Crippen LogP contribution in [0.2, 0.25) is 0 Å². The van der Waals surface area contributed by atoms with E-state index in [4.69, 9.17) is 0 Å². The summed E-state index contributed by atoms with van der Waals surface area (Å²) < 4.78 is 1.97. The van der Waals surface area contributed by atoms with Crippen molar-refractivity contribution in [2.45, 2.75) is 6.42 Å². The molecule has 0 fully saturated rings. The molecule has 0 aliphatic carbocycles. The molecule has 0 radical (unpaired) electrons. The van der Waals surface area contributed by atoms with Crippen molar-refractivity contribution in [2.24, 2.45) is 7.05 Å². The molecule has 2 aromatic carbocycles. The van der Waals surface area contributed by atoms with Crippen molar-refractivity contribution in [2.75, 3.05) is 13.1 Å². The van der Waals surface area contributed by atoms with Gasteiger partial charge < -0.3 is 15.2 Å². The first kappa shape index (κ1) is 16.7. The second-order valence-corrected chi connectivity index (χ2v) is 5.83. The van der Waals surface area contributed by atoms with Crippen LogP contribution < -0.4 is 10.6 Å². The monoisotopic (exact) mass is 336 g/mol. The molecule has 6 heteroatoms. The fraction of sp³-hybridized carbons (Fsp3) is 0.211. The second kappa shape index (κ2) is 7.61. The highest BCUT2D eigenvalue weighted by atomic mass is 16.2. The molecule has 0 atom stereocenters. The fourth-order valence-electron chi connectivity index (χ4n) is 2.60. The van der Waals surface area contributed by atoms with Crippen LogP contribution in [0, 0.1) is 0 Å². The summed E-state index contributed by atoms with van der Waals surface area (Å²) in [6.07, 6.45) is 2.50. The molecule has 0 aliphatic rings. The van der Waals surface area contributed by atoms with Crippen LogP contribution in [0.4, 0.5) is 0 Å². The van der Waals surface area contributed by atoms with Gasteiger partial charge in [-0.25, -0.2) is 4.98 Å². The SMILES string of the molecule is Cn1cnc2cc(CCNC(=O)CNC(=O)c3ccccc3)ccc21. The minimum absolute atomic E-state index is 0.0347. The number of carbonyl (C=O) groups excluding carboxylic acids is 2. The Kier molecular flexibility index (Phi) is 5.09. The van der Waals surface area contributed by atoms with Gasteiger partial charge in [-0.05, 0) is 36.2 Å². The van der Waals surface area contributed by atoms with Crippen molar-refractivity contribution in [1.29, 1.82) is 0 Å². The maximum Gasteiger partial charge on any atom is 0.251 e. The lowest BCUT2D eigenvalue weighted by Gasteiger charge is -2.07. The van der Waals surface area contributed by atoms with Gasteiger partial charge in [0.1, 0.15) is 0 Å². The molecule has 1 aromatic heterocycles. The van der Waals surface area contributed by atoms with E-state index in [-0.39, 0.29) is 18.4 Å². The summed E-state index contributed by atoms with van der Waals surface area (Å²) in [5.41, 5.74) is 3.68. The number of nitrogens with one attached hydrogen (secondary N) is 2. The van der Waals surface area contributed by atoms with Crippen LogP contribution in [-0.2, 0) is 18.3 Å². The lowest BCUT2D eigenvalue weighted by atomic mass is 10.1. The molecule has 0 bridgehead atoms. The summed E-state index contributed by atoms with van der Waals surface area (Å²) in [4.78, 5) is 28.0. The van der Waals surface area contributed by atoms with Gasteiger partial charge in [0.15, 0.2) is 0 Å². The van der Waals surface area contributed by atoms with Crippen molar-refractivity contribution in [3.05, 3.63) is 66.0 Å². The maximum absolute atomic E-state index is 11.9. The summed E-state index contributed by atoms with van der Waals surface area (Å²) in [5.74, 6) is -0.459. The van der Waals surface area contributed by atoms with Crippen LogP contribution in [0.3, 0.4) is 0 Å². The molecule has 128 valence electrons. The van der Waals surface area contributed by atoms with E-state index in [0.717, 1.165) is 16.6 Å². The number of imidazole rings is 1. The summed E-state index contributed by atoms with van der Waals surface area (Å²) in [5, 5.41) is 5.42. The number of aryl methyl sites for hydroxylation is 1. The molecule has 2 amide bonds. The Balaban J connectivity index is 1.43. The largest absolute Gasteiger partial charge is 0.354 e. The Labute approximate surface area is 145 Å². The van der Waals surface area contributed by atoms with E-state index in [9.17, 15) is 9.59 Å². The molecule has 2 N–H and O–H groups in total. The van der Waals surface area contributed by atoms with Crippen molar-refractivity contribution in [1.82, 2.24) is 20.2 Å². The minimum Gasteiger partial charge on any atom is -0.354 e. The summed E-state index contributed by atoms with van der Waals surface area (Å²) in [6, 6.07) is 14.9. The standard InChI is InChI=1S/C19H20N4O2/c1-23-13-22-16-11-14(7-8-17(16)23)9-10-20-18(24)12-21-19(25)15-5-3-2-4-6-15/h2-8,11,13H,9-10,12H2,1H3,(H,20,24)(H,21,25). The molecule has 0 saturated carbocycles. The number of rotatable bonds is 6. The van der Waals surface area contributed by atoms with E-state index in [1.807, 2.05) is 35.9 Å². The molecular formula is C19H20N4O2. The van der Waals surface area contributed by atoms with Crippen LogP contribution in [0.5, 0.6) is 0 Å². The zero-order chi connectivity index (χ0) is 17.6. The Morgan fingerprint density at radius 1 is 1.08 bits per heavy atom. The number of benzene rings is 2. The molecule has 25 heavy (non-hydrogen) atoms. The molecule has 3 aromatic rings. The van der Waals surface area contributed by atoms with Gasteiger partial charge in [0.25, 0.3) is 5.91 Å². The van der Waals surface area contributed by atoms with Crippen LogP contribution in [-0.4, -0.2) is 34.5 Å². The average molecular weight is 336 g/mol. The Morgan fingerprint density at radius 3 is 2.68 bits per heavy atom. The highest BCUT2D eigenvalue weighted by Crippen LogP contribution is 2.13. The van der Waals surface area contributed by atoms with Crippen molar-refractivity contribution >= 4 is 22.8 Å². The van der Waals surface area contributed by atoms with Crippen LogP contribution in [0.15, 0.2) is 54.9 Å². The number of aromatic nitrogens is 2. The van der Waals surface area contributed by atoms with Gasteiger partial charge in [-0.1, -0.05) is 24.3 Å². The van der Waals surface area contributed by atoms with Gasteiger partial charge >= 0.3 is 0 Å². The normalized spacial score (nSPS) is 10.6. The Morgan fingerprint density at radius 2 is 1.88 bits per heavy atom. The number of fused-ring (bicyclic) bond motifs is 1. The third-order valence-corrected chi connectivity index (χ3v) is 3.97. The van der Waals surface area contributed by atoms with Crippen molar-refractivity contribution in [3.8, 4) is 0 Å². The third-order valence-electron chi connectivity index (χ3n) is 3.97. The van der Waals surface area contributed by atoms with E-state index in [1.165, 1.54) is 0 Å². The lowest BCUT2D eigenvalue weighted by molar-refractivity contribution is -0.120.